The lowest BCUT2D eigenvalue weighted by Crippen LogP contribution is -2.31. The summed E-state index contributed by atoms with van der Waals surface area (Å²) in [6.07, 6.45) is 9.13. The molecule has 0 amide bonds. The smallest absolute Gasteiger partial charge is 0.104 e. The molecule has 0 fully saturated rings. The van der Waals surface area contributed by atoms with Gasteiger partial charge in [0.05, 0.1) is 72.9 Å². The highest BCUT2D eigenvalue weighted by molar-refractivity contribution is 6.18. The summed E-state index contributed by atoms with van der Waals surface area (Å²) in [5.41, 5.74) is 18.0. The standard InChI is InChI=1S/C73H46N6/c74-45-58-70(76-60-34-14-4-24-48(60)49-25-5-15-35-61(49)76)72(78-64-38-18-8-28-52(64)53-29-9-19-39-65(53)78)69(46-42-43-68-57(44-46)56-32-12-13-33-59(56)75(68)47-22-2-1-3-23-47)73(79-66-40-20-10-30-54(66)55-31-11-21-41-67(55)79)71(58)77-62-36-16-6-26-50(62)51-27-7-17-37-63(51)77/h1-44,52,64H. The van der Waals surface area contributed by atoms with Crippen molar-refractivity contribution in [2.75, 3.05) is 4.90 Å². The summed E-state index contributed by atoms with van der Waals surface area (Å²) in [5.74, 6) is 0.0469. The minimum Gasteiger partial charge on any atom is -0.331 e. The quantitative estimate of drug-likeness (QED) is 0.167. The fourth-order valence-electron chi connectivity index (χ4n) is 14.0. The van der Waals surface area contributed by atoms with Crippen LogP contribution in [-0.4, -0.2) is 24.3 Å². The van der Waals surface area contributed by atoms with Crippen molar-refractivity contribution in [2.24, 2.45) is 0 Å². The van der Waals surface area contributed by atoms with Gasteiger partial charge in [-0.2, -0.15) is 5.26 Å². The molecule has 5 heterocycles. The third-order valence-electron chi connectivity index (χ3n) is 17.1. The van der Waals surface area contributed by atoms with Gasteiger partial charge in [-0.15, -0.1) is 0 Å². The molecule has 79 heavy (non-hydrogen) atoms. The zero-order valence-electron chi connectivity index (χ0n) is 42.7. The van der Waals surface area contributed by atoms with Gasteiger partial charge >= 0.3 is 0 Å². The van der Waals surface area contributed by atoms with E-state index in [1.165, 1.54) is 5.56 Å². The average Bonchev–Trinajstić information content (AvgIpc) is 4.18. The van der Waals surface area contributed by atoms with Crippen molar-refractivity contribution >= 4 is 98.6 Å². The van der Waals surface area contributed by atoms with E-state index in [1.54, 1.807) is 0 Å². The Morgan fingerprint density at radius 3 is 1.23 bits per heavy atom. The molecular weight excluding hydrogens is 961 g/mol. The monoisotopic (exact) mass is 1010 g/mol. The van der Waals surface area contributed by atoms with Crippen molar-refractivity contribution in [1.82, 2.24) is 18.3 Å². The van der Waals surface area contributed by atoms with Gasteiger partial charge in [-0.1, -0.05) is 194 Å². The molecule has 2 atom stereocenters. The number of nitriles is 1. The van der Waals surface area contributed by atoms with Gasteiger partial charge in [-0.25, -0.2) is 0 Å². The van der Waals surface area contributed by atoms with Crippen LogP contribution in [0.25, 0.3) is 121 Å². The van der Waals surface area contributed by atoms with E-state index in [-0.39, 0.29) is 12.0 Å². The van der Waals surface area contributed by atoms with Crippen molar-refractivity contribution < 1.29 is 0 Å². The molecule has 17 rings (SSSR count). The molecule has 0 radical (unpaired) electrons. The largest absolute Gasteiger partial charge is 0.331 e. The van der Waals surface area contributed by atoms with Gasteiger partial charge in [0.2, 0.25) is 0 Å². The van der Waals surface area contributed by atoms with Crippen LogP contribution in [0.1, 0.15) is 17.0 Å². The van der Waals surface area contributed by atoms with Gasteiger partial charge in [0.25, 0.3) is 0 Å². The Kier molecular flexibility index (Phi) is 9.22. The van der Waals surface area contributed by atoms with Crippen LogP contribution >= 0.6 is 0 Å². The highest BCUT2D eigenvalue weighted by Crippen LogP contribution is 2.58. The van der Waals surface area contributed by atoms with E-state index in [9.17, 15) is 5.26 Å². The minimum absolute atomic E-state index is 0.0469. The maximum Gasteiger partial charge on any atom is 0.104 e. The maximum atomic E-state index is 12.9. The van der Waals surface area contributed by atoms with Crippen LogP contribution in [0, 0.1) is 11.3 Å². The molecule has 2 unspecified atom stereocenters. The first-order chi connectivity index (χ1) is 39.2. The second kappa shape index (κ2) is 16.7. The number of para-hydroxylation sites is 9. The van der Waals surface area contributed by atoms with Gasteiger partial charge in [0.1, 0.15) is 11.6 Å². The Morgan fingerprint density at radius 1 is 0.329 bits per heavy atom. The average molecular weight is 1010 g/mol. The Hall–Kier alpha value is -10.6. The van der Waals surface area contributed by atoms with Crippen LogP contribution in [0.3, 0.4) is 0 Å². The van der Waals surface area contributed by atoms with E-state index >= 15 is 0 Å². The molecule has 0 N–H and O–H groups in total. The first kappa shape index (κ1) is 43.6. The number of rotatable bonds is 6. The van der Waals surface area contributed by atoms with Crippen LogP contribution in [0.15, 0.2) is 267 Å². The van der Waals surface area contributed by atoms with Crippen molar-refractivity contribution in [2.45, 2.75) is 12.0 Å². The van der Waals surface area contributed by atoms with Crippen LogP contribution in [0.2, 0.25) is 0 Å². The summed E-state index contributed by atoms with van der Waals surface area (Å²) in [7, 11) is 0. The predicted molar refractivity (Wildman–Crippen MR) is 327 cm³/mol. The van der Waals surface area contributed by atoms with Gasteiger partial charge in [0.15, 0.2) is 0 Å². The molecule has 0 saturated heterocycles. The first-order valence-corrected chi connectivity index (χ1v) is 27.2. The van der Waals surface area contributed by atoms with E-state index in [0.29, 0.717) is 5.56 Å². The Labute approximate surface area is 454 Å². The van der Waals surface area contributed by atoms with E-state index in [4.69, 9.17) is 0 Å². The number of hydrogen-bond donors (Lipinski definition) is 0. The van der Waals surface area contributed by atoms with Crippen molar-refractivity contribution in [3.05, 3.63) is 278 Å². The number of nitrogens with zero attached hydrogens (tertiary/aromatic N) is 6. The van der Waals surface area contributed by atoms with Crippen molar-refractivity contribution in [3.63, 3.8) is 0 Å². The molecule has 0 spiro atoms. The number of hydrogen-bond acceptors (Lipinski definition) is 2. The maximum absolute atomic E-state index is 12.9. The predicted octanol–water partition coefficient (Wildman–Crippen LogP) is 18.3. The van der Waals surface area contributed by atoms with E-state index in [2.05, 4.69) is 296 Å². The second-order valence-corrected chi connectivity index (χ2v) is 21.0. The topological polar surface area (TPSA) is 46.8 Å². The normalized spacial score (nSPS) is 14.9. The van der Waals surface area contributed by atoms with Crippen LogP contribution < -0.4 is 4.90 Å². The molecule has 1 aliphatic heterocycles. The van der Waals surface area contributed by atoms with Crippen LogP contribution in [-0.2, 0) is 0 Å². The van der Waals surface area contributed by atoms with Gasteiger partial charge in [-0.05, 0) is 83.9 Å². The number of fused-ring (bicyclic) bond motifs is 15. The number of anilines is 2. The summed E-state index contributed by atoms with van der Waals surface area (Å²) in [6, 6.07) is 91.0. The molecule has 11 aromatic carbocycles. The third kappa shape index (κ3) is 5.99. The second-order valence-electron chi connectivity index (χ2n) is 21.0. The zero-order valence-corrected chi connectivity index (χ0v) is 42.7. The molecular formula is C73H46N6. The number of benzene rings is 11. The SMILES string of the molecule is N#Cc1c(-n2c3ccccc3c3ccccc32)c(N2c3ccccc3C3C=CC=CC32)c(-c2ccc3c(c2)c2ccccc2n3-c2ccccc2)c(-n2c3ccccc3c3ccccc32)c1-n1c2ccccc2c2ccccc21. The molecule has 4 aromatic heterocycles. The third-order valence-corrected chi connectivity index (χ3v) is 17.1. The lowest BCUT2D eigenvalue weighted by atomic mass is 9.90. The number of allylic oxidation sites excluding steroid dienone is 2. The minimum atomic E-state index is -0.131. The summed E-state index contributed by atoms with van der Waals surface area (Å²) in [4.78, 5) is 2.60. The fourth-order valence-corrected chi connectivity index (χ4v) is 14.0. The first-order valence-electron chi connectivity index (χ1n) is 27.2. The highest BCUT2D eigenvalue weighted by Gasteiger charge is 2.43. The molecule has 0 bridgehead atoms. The van der Waals surface area contributed by atoms with Crippen LogP contribution in [0.4, 0.5) is 11.4 Å². The molecule has 2 aliphatic rings. The summed E-state index contributed by atoms with van der Waals surface area (Å²) >= 11 is 0. The molecule has 6 heteroatoms. The lowest BCUT2D eigenvalue weighted by Gasteiger charge is -2.36. The molecule has 0 saturated carbocycles. The fraction of sp³-hybridized carbons (Fsp3) is 0.0274. The van der Waals surface area contributed by atoms with E-state index < -0.39 is 0 Å². The lowest BCUT2D eigenvalue weighted by molar-refractivity contribution is 0.743. The number of aromatic nitrogens is 4. The molecule has 1 aliphatic carbocycles. The summed E-state index contributed by atoms with van der Waals surface area (Å²) in [6.45, 7) is 0. The Morgan fingerprint density at radius 2 is 0.722 bits per heavy atom. The molecule has 15 aromatic rings. The summed E-state index contributed by atoms with van der Waals surface area (Å²) < 4.78 is 9.73. The molecule has 6 nitrogen and oxygen atoms in total. The summed E-state index contributed by atoms with van der Waals surface area (Å²) in [5, 5.41) is 22.0. The van der Waals surface area contributed by atoms with E-state index in [0.717, 1.165) is 132 Å². The Balaban J connectivity index is 1.19. The van der Waals surface area contributed by atoms with Gasteiger partial charge in [-0.3, -0.25) is 0 Å². The van der Waals surface area contributed by atoms with Gasteiger partial charge in [0, 0.05) is 65.9 Å². The van der Waals surface area contributed by atoms with Crippen molar-refractivity contribution in [3.8, 4) is 39.9 Å². The Bertz CT molecular complexity index is 5030. The molecule has 368 valence electrons. The van der Waals surface area contributed by atoms with E-state index in [1.807, 2.05) is 0 Å². The zero-order chi connectivity index (χ0) is 51.9. The van der Waals surface area contributed by atoms with Gasteiger partial charge < -0.3 is 23.2 Å². The van der Waals surface area contributed by atoms with Crippen molar-refractivity contribution in [1.29, 1.82) is 5.26 Å². The highest BCUT2D eigenvalue weighted by atomic mass is 15.2. The van der Waals surface area contributed by atoms with Crippen LogP contribution in [0.5, 0.6) is 0 Å².